The molecule has 2 aromatic carbocycles. The highest BCUT2D eigenvalue weighted by Gasteiger charge is 2.17. The van der Waals surface area contributed by atoms with E-state index in [4.69, 9.17) is 0 Å². The molecule has 1 nitrogen and oxygen atoms in total. The number of aliphatic hydroxyl groups is 1. The monoisotopic (exact) mass is 254 g/mol. The number of hydrogen-bond acceptors (Lipinski definition) is 1. The van der Waals surface area contributed by atoms with Crippen LogP contribution in [0.15, 0.2) is 30.3 Å². The molecule has 0 aliphatic carbocycles. The summed E-state index contributed by atoms with van der Waals surface area (Å²) in [5.41, 5.74) is 7.93. The molecule has 19 heavy (non-hydrogen) atoms. The summed E-state index contributed by atoms with van der Waals surface area (Å²) in [7, 11) is 0. The Labute approximate surface area is 115 Å². The van der Waals surface area contributed by atoms with Gasteiger partial charge in [-0.3, -0.25) is 0 Å². The average molecular weight is 254 g/mol. The van der Waals surface area contributed by atoms with Crippen molar-refractivity contribution in [2.24, 2.45) is 0 Å². The van der Waals surface area contributed by atoms with Gasteiger partial charge in [0.25, 0.3) is 0 Å². The summed E-state index contributed by atoms with van der Waals surface area (Å²) in [5.74, 6) is 0. The molecule has 100 valence electrons. The predicted molar refractivity (Wildman–Crippen MR) is 80.6 cm³/mol. The Bertz CT molecular complexity index is 588. The summed E-state index contributed by atoms with van der Waals surface area (Å²) in [5, 5.41) is 10.7. The molecule has 2 aromatic rings. The first-order chi connectivity index (χ1) is 8.90. The Balaban J connectivity index is 2.56. The first-order valence-electron chi connectivity index (χ1n) is 6.73. The number of benzene rings is 2. The van der Waals surface area contributed by atoms with Crippen LogP contribution in [0, 0.1) is 34.6 Å². The highest BCUT2D eigenvalue weighted by Crippen LogP contribution is 2.30. The zero-order chi connectivity index (χ0) is 14.2. The van der Waals surface area contributed by atoms with Gasteiger partial charge in [-0.25, -0.2) is 0 Å². The molecule has 0 aliphatic rings. The molecule has 0 aromatic heterocycles. The topological polar surface area (TPSA) is 20.2 Å². The summed E-state index contributed by atoms with van der Waals surface area (Å²) in [6.07, 6.45) is -0.541. The van der Waals surface area contributed by atoms with Crippen molar-refractivity contribution in [2.45, 2.75) is 40.7 Å². The predicted octanol–water partition coefficient (Wildman–Crippen LogP) is 4.31. The molecule has 0 bridgehead atoms. The Morgan fingerprint density at radius 3 is 1.89 bits per heavy atom. The van der Waals surface area contributed by atoms with Gasteiger partial charge in [-0.1, -0.05) is 41.5 Å². The summed E-state index contributed by atoms with van der Waals surface area (Å²) >= 11 is 0. The third kappa shape index (κ3) is 2.71. The van der Waals surface area contributed by atoms with E-state index in [1.165, 1.54) is 11.1 Å². The van der Waals surface area contributed by atoms with Crippen LogP contribution in [0.1, 0.15) is 45.0 Å². The molecule has 0 fully saturated rings. The highest BCUT2D eigenvalue weighted by atomic mass is 16.3. The molecule has 0 saturated carbocycles. The van der Waals surface area contributed by atoms with Crippen LogP contribution in [0.25, 0.3) is 0 Å². The second-order valence-corrected chi connectivity index (χ2v) is 5.57. The van der Waals surface area contributed by atoms with Crippen molar-refractivity contribution in [3.05, 3.63) is 69.3 Å². The maximum Gasteiger partial charge on any atom is 0.105 e. The van der Waals surface area contributed by atoms with Crippen molar-refractivity contribution >= 4 is 0 Å². The molecule has 0 radical (unpaired) electrons. The standard InChI is InChI=1S/C18H22O/c1-11-6-7-13(3)16(10-11)18(19)17-14(4)8-12(2)9-15(17)5/h6-10,18-19H,1-5H3. The van der Waals surface area contributed by atoms with Crippen LogP contribution in [-0.4, -0.2) is 5.11 Å². The van der Waals surface area contributed by atoms with Crippen LogP contribution in [0.2, 0.25) is 0 Å². The number of aliphatic hydroxyl groups excluding tert-OH is 1. The Kier molecular flexibility index (Phi) is 3.77. The fourth-order valence-corrected chi connectivity index (χ4v) is 2.83. The molecule has 1 atom stereocenters. The first-order valence-corrected chi connectivity index (χ1v) is 6.73. The summed E-state index contributed by atoms with van der Waals surface area (Å²) in [6, 6.07) is 10.5. The molecule has 1 unspecified atom stereocenters. The van der Waals surface area contributed by atoms with Gasteiger partial charge in [-0.2, -0.15) is 0 Å². The van der Waals surface area contributed by atoms with Gasteiger partial charge in [0.05, 0.1) is 0 Å². The molecule has 0 aliphatic heterocycles. The summed E-state index contributed by atoms with van der Waals surface area (Å²) in [6.45, 7) is 10.4. The molecule has 0 saturated heterocycles. The minimum atomic E-state index is -0.541. The van der Waals surface area contributed by atoms with E-state index in [1.807, 2.05) is 0 Å². The normalized spacial score (nSPS) is 12.5. The lowest BCUT2D eigenvalue weighted by Gasteiger charge is -2.20. The van der Waals surface area contributed by atoms with E-state index in [1.54, 1.807) is 0 Å². The number of hydrogen-bond donors (Lipinski definition) is 1. The number of rotatable bonds is 2. The third-order valence-corrected chi connectivity index (χ3v) is 3.74. The van der Waals surface area contributed by atoms with Crippen LogP contribution in [0.4, 0.5) is 0 Å². The van der Waals surface area contributed by atoms with Gasteiger partial charge < -0.3 is 5.11 Å². The lowest BCUT2D eigenvalue weighted by atomic mass is 9.89. The molecule has 0 heterocycles. The van der Waals surface area contributed by atoms with Crippen molar-refractivity contribution in [3.63, 3.8) is 0 Å². The van der Waals surface area contributed by atoms with E-state index in [0.717, 1.165) is 27.8 Å². The minimum absolute atomic E-state index is 0.541. The zero-order valence-electron chi connectivity index (χ0n) is 12.4. The molecule has 2 rings (SSSR count). The van der Waals surface area contributed by atoms with E-state index in [9.17, 15) is 5.11 Å². The van der Waals surface area contributed by atoms with Gasteiger partial charge >= 0.3 is 0 Å². The molecule has 1 heteroatoms. The van der Waals surface area contributed by atoms with E-state index in [-0.39, 0.29) is 0 Å². The highest BCUT2D eigenvalue weighted by molar-refractivity contribution is 5.45. The molecular weight excluding hydrogens is 232 g/mol. The smallest absolute Gasteiger partial charge is 0.105 e. The first kappa shape index (κ1) is 13.8. The Morgan fingerprint density at radius 2 is 1.32 bits per heavy atom. The molecule has 0 spiro atoms. The van der Waals surface area contributed by atoms with Gasteiger partial charge in [0, 0.05) is 0 Å². The second-order valence-electron chi connectivity index (χ2n) is 5.57. The fraction of sp³-hybridized carbons (Fsp3) is 0.333. The average Bonchev–Trinajstić information content (AvgIpc) is 2.30. The largest absolute Gasteiger partial charge is 0.384 e. The van der Waals surface area contributed by atoms with E-state index in [0.29, 0.717) is 0 Å². The fourth-order valence-electron chi connectivity index (χ4n) is 2.83. The van der Waals surface area contributed by atoms with E-state index < -0.39 is 6.10 Å². The molecule has 0 amide bonds. The van der Waals surface area contributed by atoms with Crippen LogP contribution in [0.3, 0.4) is 0 Å². The van der Waals surface area contributed by atoms with Crippen molar-refractivity contribution < 1.29 is 5.11 Å². The quantitative estimate of drug-likeness (QED) is 0.846. The van der Waals surface area contributed by atoms with Crippen molar-refractivity contribution in [1.29, 1.82) is 0 Å². The maximum absolute atomic E-state index is 10.7. The van der Waals surface area contributed by atoms with Crippen molar-refractivity contribution in [3.8, 4) is 0 Å². The van der Waals surface area contributed by atoms with Gasteiger partial charge in [-0.15, -0.1) is 0 Å². The summed E-state index contributed by atoms with van der Waals surface area (Å²) < 4.78 is 0. The third-order valence-electron chi connectivity index (χ3n) is 3.74. The van der Waals surface area contributed by atoms with Gasteiger partial charge in [0.15, 0.2) is 0 Å². The van der Waals surface area contributed by atoms with Gasteiger partial charge in [0.2, 0.25) is 0 Å². The van der Waals surface area contributed by atoms with Gasteiger partial charge in [0.1, 0.15) is 6.10 Å². The lowest BCUT2D eigenvalue weighted by molar-refractivity contribution is 0.218. The van der Waals surface area contributed by atoms with Crippen LogP contribution in [0.5, 0.6) is 0 Å². The van der Waals surface area contributed by atoms with Crippen LogP contribution in [-0.2, 0) is 0 Å². The van der Waals surface area contributed by atoms with Crippen LogP contribution < -0.4 is 0 Å². The second kappa shape index (κ2) is 5.18. The van der Waals surface area contributed by atoms with E-state index >= 15 is 0 Å². The van der Waals surface area contributed by atoms with Gasteiger partial charge in [-0.05, 0) is 62.4 Å². The lowest BCUT2D eigenvalue weighted by Crippen LogP contribution is -2.07. The number of aryl methyl sites for hydroxylation is 5. The Hall–Kier alpha value is -1.60. The minimum Gasteiger partial charge on any atom is -0.384 e. The molecular formula is C18H22O. The van der Waals surface area contributed by atoms with E-state index in [2.05, 4.69) is 65.0 Å². The van der Waals surface area contributed by atoms with Crippen molar-refractivity contribution in [1.82, 2.24) is 0 Å². The zero-order valence-corrected chi connectivity index (χ0v) is 12.4. The SMILES string of the molecule is Cc1cc(C)c(C(O)c2cc(C)ccc2C)c(C)c1. The summed E-state index contributed by atoms with van der Waals surface area (Å²) in [4.78, 5) is 0. The van der Waals surface area contributed by atoms with Crippen LogP contribution >= 0.6 is 0 Å². The van der Waals surface area contributed by atoms with Crippen molar-refractivity contribution in [2.75, 3.05) is 0 Å². The maximum atomic E-state index is 10.7. The Morgan fingerprint density at radius 1 is 0.737 bits per heavy atom. The molecule has 1 N–H and O–H groups in total.